The second-order valence-corrected chi connectivity index (χ2v) is 2.05. The number of hydrogen-bond donors (Lipinski definition) is 0. The van der Waals surface area contributed by atoms with Crippen molar-refractivity contribution in [3.8, 4) is 0 Å². The van der Waals surface area contributed by atoms with Crippen LogP contribution in [0.25, 0.3) is 0 Å². The number of hydrogen-bond acceptors (Lipinski definition) is 2. The molecule has 0 bridgehead atoms. The molecule has 0 aliphatic heterocycles. The lowest BCUT2D eigenvalue weighted by Crippen LogP contribution is -1.92. The van der Waals surface area contributed by atoms with Crippen LogP contribution in [0.2, 0.25) is 0 Å². The van der Waals surface area contributed by atoms with Gasteiger partial charge in [-0.2, -0.15) is 0 Å². The molecule has 0 aromatic rings. The molecule has 0 spiro atoms. The van der Waals surface area contributed by atoms with E-state index in [4.69, 9.17) is 0 Å². The van der Waals surface area contributed by atoms with Crippen LogP contribution in [0.3, 0.4) is 0 Å². The number of rotatable bonds is 4. The number of allylic oxidation sites excluding steroid dienone is 2. The van der Waals surface area contributed by atoms with E-state index in [1.165, 1.54) is 6.92 Å². The van der Waals surface area contributed by atoms with Crippen molar-refractivity contribution in [2.45, 2.75) is 26.7 Å². The average molecular weight is 146 g/mol. The van der Waals surface area contributed by atoms with E-state index in [0.29, 0.717) is 6.42 Å². The lowest BCUT2D eigenvalue weighted by Gasteiger charge is -1.91. The number of carbonyl (C=O) groups is 1. The first-order valence-corrected chi connectivity index (χ1v) is 3.20. The number of halogens is 1. The van der Waals surface area contributed by atoms with Crippen molar-refractivity contribution in [3.63, 3.8) is 0 Å². The van der Waals surface area contributed by atoms with Gasteiger partial charge in [0.15, 0.2) is 5.78 Å². The molecule has 0 rings (SSSR count). The summed E-state index contributed by atoms with van der Waals surface area (Å²) < 4.78 is 11.3. The molecule has 3 heteroatoms. The molecule has 0 radical (unpaired) electrons. The lowest BCUT2D eigenvalue weighted by molar-refractivity contribution is -0.116. The van der Waals surface area contributed by atoms with Crippen molar-refractivity contribution in [3.05, 3.63) is 11.8 Å². The largest absolute Gasteiger partial charge is 0.299 e. The molecule has 0 heterocycles. The Morgan fingerprint density at radius 2 is 2.30 bits per heavy atom. The maximum absolute atomic E-state index is 11.3. The van der Waals surface area contributed by atoms with Gasteiger partial charge in [-0.1, -0.05) is 6.92 Å². The summed E-state index contributed by atoms with van der Waals surface area (Å²) in [5.41, 5.74) is 0. The van der Waals surface area contributed by atoms with Gasteiger partial charge in [-0.05, 0) is 13.3 Å². The molecule has 10 heavy (non-hydrogen) atoms. The Balaban J connectivity index is 3.75. The molecule has 0 unspecified atom stereocenters. The van der Waals surface area contributed by atoms with E-state index in [2.05, 4.69) is 4.94 Å². The predicted octanol–water partition coefficient (Wildman–Crippen LogP) is 2.16. The summed E-state index contributed by atoms with van der Waals surface area (Å²) >= 11 is 0. The zero-order valence-electron chi connectivity index (χ0n) is 6.19. The van der Waals surface area contributed by atoms with Crippen LogP contribution in [0.4, 0.5) is 4.53 Å². The molecule has 0 amide bonds. The lowest BCUT2D eigenvalue weighted by atomic mass is 10.2. The topological polar surface area (TPSA) is 26.3 Å². The maximum atomic E-state index is 11.3. The quantitative estimate of drug-likeness (QED) is 0.448. The molecular formula is C7H11FO2. The van der Waals surface area contributed by atoms with E-state index < -0.39 is 0 Å². The van der Waals surface area contributed by atoms with Gasteiger partial charge in [0.2, 0.25) is 0 Å². The van der Waals surface area contributed by atoms with Crippen LogP contribution in [0.5, 0.6) is 0 Å². The van der Waals surface area contributed by atoms with Crippen LogP contribution in [0.15, 0.2) is 11.8 Å². The standard InChI is InChI=1S/C7H11FO2/c1-3-4-7(9)5-6(2)10-8/h5H,3-4H2,1-2H3/b6-5+. The van der Waals surface area contributed by atoms with E-state index in [-0.39, 0.29) is 11.5 Å². The Morgan fingerprint density at radius 3 is 2.70 bits per heavy atom. The second-order valence-electron chi connectivity index (χ2n) is 2.05. The Kier molecular flexibility index (Phi) is 4.54. The molecule has 0 saturated carbocycles. The fourth-order valence-electron chi connectivity index (χ4n) is 0.568. The highest BCUT2D eigenvalue weighted by atomic mass is 19.3. The van der Waals surface area contributed by atoms with Crippen molar-refractivity contribution >= 4 is 5.78 Å². The summed E-state index contributed by atoms with van der Waals surface area (Å²) in [6.07, 6.45) is 2.37. The van der Waals surface area contributed by atoms with E-state index in [9.17, 15) is 9.32 Å². The van der Waals surface area contributed by atoms with E-state index >= 15 is 0 Å². The third-order valence-corrected chi connectivity index (χ3v) is 0.982. The molecule has 0 N–H and O–H groups in total. The zero-order valence-corrected chi connectivity index (χ0v) is 6.19. The van der Waals surface area contributed by atoms with Gasteiger partial charge in [-0.25, -0.2) is 0 Å². The fraction of sp³-hybridized carbons (Fsp3) is 0.571. The minimum absolute atomic E-state index is 0.0125. The van der Waals surface area contributed by atoms with Gasteiger partial charge in [-0.15, -0.1) is 0 Å². The molecule has 0 aliphatic carbocycles. The summed E-state index contributed by atoms with van der Waals surface area (Å²) in [7, 11) is 0. The monoisotopic (exact) mass is 146 g/mol. The van der Waals surface area contributed by atoms with Gasteiger partial charge in [0.1, 0.15) is 5.76 Å². The third-order valence-electron chi connectivity index (χ3n) is 0.982. The molecule has 0 fully saturated rings. The Hall–Kier alpha value is -0.860. The molecule has 58 valence electrons. The molecule has 0 aliphatic rings. The van der Waals surface area contributed by atoms with Crippen LogP contribution in [-0.4, -0.2) is 5.78 Å². The van der Waals surface area contributed by atoms with Crippen LogP contribution in [0, 0.1) is 0 Å². The Labute approximate surface area is 59.6 Å². The molecule has 2 nitrogen and oxygen atoms in total. The van der Waals surface area contributed by atoms with Crippen LogP contribution in [0.1, 0.15) is 26.7 Å². The average Bonchev–Trinajstić information content (AvgIpc) is 1.88. The van der Waals surface area contributed by atoms with Crippen molar-refractivity contribution in [2.24, 2.45) is 0 Å². The highest BCUT2D eigenvalue weighted by Crippen LogP contribution is 1.98. The van der Waals surface area contributed by atoms with E-state index in [0.717, 1.165) is 12.5 Å². The highest BCUT2D eigenvalue weighted by Gasteiger charge is 1.96. The maximum Gasteiger partial charge on any atom is 0.159 e. The molecule has 0 aromatic heterocycles. The van der Waals surface area contributed by atoms with E-state index in [1.807, 2.05) is 6.92 Å². The Bertz CT molecular complexity index is 141. The SMILES string of the molecule is CCCC(=O)/C=C(\C)OF. The third kappa shape index (κ3) is 4.06. The second kappa shape index (κ2) is 4.97. The van der Waals surface area contributed by atoms with Crippen molar-refractivity contribution in [2.75, 3.05) is 0 Å². The van der Waals surface area contributed by atoms with Crippen molar-refractivity contribution in [1.82, 2.24) is 0 Å². The normalized spacial score (nSPS) is 11.3. The van der Waals surface area contributed by atoms with Gasteiger partial charge in [0.05, 0.1) is 0 Å². The van der Waals surface area contributed by atoms with Gasteiger partial charge < -0.3 is 0 Å². The van der Waals surface area contributed by atoms with Gasteiger partial charge >= 0.3 is 0 Å². The summed E-state index contributed by atoms with van der Waals surface area (Å²) in [6.45, 7) is 3.28. The first-order chi connectivity index (χ1) is 4.70. The highest BCUT2D eigenvalue weighted by molar-refractivity contribution is 5.89. The number of ketones is 1. The predicted molar refractivity (Wildman–Crippen MR) is 35.9 cm³/mol. The van der Waals surface area contributed by atoms with Crippen molar-refractivity contribution in [1.29, 1.82) is 0 Å². The first kappa shape index (κ1) is 9.14. The molecule has 0 saturated heterocycles. The minimum atomic E-state index is -0.0994. The molecule has 0 atom stereocenters. The fourth-order valence-corrected chi connectivity index (χ4v) is 0.568. The zero-order chi connectivity index (χ0) is 7.98. The van der Waals surface area contributed by atoms with Crippen LogP contribution >= 0.6 is 0 Å². The number of carbonyl (C=O) groups excluding carboxylic acids is 1. The van der Waals surface area contributed by atoms with Crippen LogP contribution < -0.4 is 0 Å². The van der Waals surface area contributed by atoms with Gasteiger partial charge in [0, 0.05) is 17.0 Å². The van der Waals surface area contributed by atoms with Crippen LogP contribution in [-0.2, 0) is 9.74 Å². The summed E-state index contributed by atoms with van der Waals surface area (Å²) in [4.78, 5) is 14.0. The van der Waals surface area contributed by atoms with Gasteiger partial charge in [0.25, 0.3) is 0 Å². The molecular weight excluding hydrogens is 135 g/mol. The van der Waals surface area contributed by atoms with E-state index in [1.54, 1.807) is 0 Å². The summed E-state index contributed by atoms with van der Waals surface area (Å²) in [5, 5.41) is 0. The Morgan fingerprint density at radius 1 is 1.70 bits per heavy atom. The summed E-state index contributed by atoms with van der Waals surface area (Å²) in [5.74, 6) is -0.0869. The first-order valence-electron chi connectivity index (χ1n) is 3.20. The minimum Gasteiger partial charge on any atom is -0.299 e. The smallest absolute Gasteiger partial charge is 0.159 e. The van der Waals surface area contributed by atoms with Gasteiger partial charge in [-0.3, -0.25) is 9.74 Å². The van der Waals surface area contributed by atoms with Crippen molar-refractivity contribution < 1.29 is 14.3 Å². The summed E-state index contributed by atoms with van der Waals surface area (Å²) in [6, 6.07) is 0. The molecule has 0 aromatic carbocycles.